The zero-order valence-corrected chi connectivity index (χ0v) is 12.1. The van der Waals surface area contributed by atoms with Gasteiger partial charge in [-0.25, -0.2) is 0 Å². The van der Waals surface area contributed by atoms with Crippen molar-refractivity contribution in [2.45, 2.75) is 24.8 Å². The summed E-state index contributed by atoms with van der Waals surface area (Å²) in [7, 11) is 0. The topological polar surface area (TPSA) is 46.3 Å². The molecule has 2 fully saturated rings. The number of nitrogens with two attached hydrogens (primary N) is 1. The van der Waals surface area contributed by atoms with Gasteiger partial charge in [-0.05, 0) is 35.1 Å². The third-order valence-corrected chi connectivity index (χ3v) is 4.88. The van der Waals surface area contributed by atoms with E-state index in [0.29, 0.717) is 12.3 Å². The summed E-state index contributed by atoms with van der Waals surface area (Å²) in [5, 5.41) is 2.41. The first-order valence-electron chi connectivity index (χ1n) is 7.68. The number of fused-ring (bicyclic) bond motifs is 1. The Balaban J connectivity index is 1.44. The first kappa shape index (κ1) is 12.8. The van der Waals surface area contributed by atoms with E-state index in [1.165, 1.54) is 23.6 Å². The van der Waals surface area contributed by atoms with E-state index in [0.717, 1.165) is 18.7 Å². The van der Waals surface area contributed by atoms with Gasteiger partial charge in [0.05, 0.1) is 12.0 Å². The molecule has 2 N–H and O–H groups in total. The van der Waals surface area contributed by atoms with Crippen LogP contribution in [0.1, 0.15) is 18.4 Å². The highest BCUT2D eigenvalue weighted by molar-refractivity contribution is 5.85. The lowest BCUT2D eigenvalue weighted by molar-refractivity contribution is -0.138. The summed E-state index contributed by atoms with van der Waals surface area (Å²) in [6, 6.07) is 14.5. The molecule has 0 atom stereocenters. The van der Waals surface area contributed by atoms with E-state index in [-0.39, 0.29) is 11.4 Å². The van der Waals surface area contributed by atoms with Crippen LogP contribution in [-0.4, -0.2) is 29.4 Å². The Morgan fingerprint density at radius 1 is 1.14 bits per heavy atom. The third kappa shape index (κ3) is 2.32. The molecule has 2 aromatic carbocycles. The van der Waals surface area contributed by atoms with Gasteiger partial charge in [0.15, 0.2) is 0 Å². The molecule has 1 saturated heterocycles. The molecule has 21 heavy (non-hydrogen) atoms. The van der Waals surface area contributed by atoms with Gasteiger partial charge in [-0.1, -0.05) is 42.5 Å². The maximum atomic E-state index is 12.3. The number of hydrogen-bond acceptors (Lipinski definition) is 2. The van der Waals surface area contributed by atoms with Crippen molar-refractivity contribution in [3.8, 4) is 0 Å². The van der Waals surface area contributed by atoms with Crippen LogP contribution in [-0.2, 0) is 11.2 Å². The Bertz CT molecular complexity index is 699. The van der Waals surface area contributed by atoms with Crippen LogP contribution in [0.5, 0.6) is 0 Å². The predicted molar refractivity (Wildman–Crippen MR) is 83.9 cm³/mol. The Kier molecular flexibility index (Phi) is 2.79. The second-order valence-electron chi connectivity index (χ2n) is 6.62. The van der Waals surface area contributed by atoms with Crippen molar-refractivity contribution >= 4 is 16.7 Å². The highest BCUT2D eigenvalue weighted by Crippen LogP contribution is 2.43. The Morgan fingerprint density at radius 2 is 1.86 bits per heavy atom. The molecule has 1 heterocycles. The van der Waals surface area contributed by atoms with Crippen LogP contribution in [0.4, 0.5) is 0 Å². The first-order chi connectivity index (χ1) is 10.1. The maximum absolute atomic E-state index is 12.3. The summed E-state index contributed by atoms with van der Waals surface area (Å²) >= 11 is 0. The smallest absolute Gasteiger partial charge is 0.227 e. The second-order valence-corrected chi connectivity index (χ2v) is 6.62. The number of amides is 1. The lowest BCUT2D eigenvalue weighted by Crippen LogP contribution is -2.70. The molecule has 0 aromatic heterocycles. The van der Waals surface area contributed by atoms with Gasteiger partial charge in [0.2, 0.25) is 5.91 Å². The van der Waals surface area contributed by atoms with Crippen LogP contribution < -0.4 is 5.73 Å². The molecule has 0 radical (unpaired) electrons. The van der Waals surface area contributed by atoms with Gasteiger partial charge in [-0.3, -0.25) is 4.79 Å². The molecular formula is C18H20N2O. The number of nitrogens with zero attached hydrogens (tertiary/aromatic N) is 1. The Morgan fingerprint density at radius 3 is 2.57 bits per heavy atom. The summed E-state index contributed by atoms with van der Waals surface area (Å²) in [6.45, 7) is 1.48. The number of rotatable bonds is 3. The lowest BCUT2D eigenvalue weighted by atomic mass is 9.85. The molecule has 0 bridgehead atoms. The standard InChI is InChI=1S/C18H20N2O/c19-18(16-7-8-16)11-20(12-18)17(21)10-13-5-6-14-3-1-2-4-15(14)9-13/h1-6,9,16H,7-8,10-12,19H2. The molecule has 2 aromatic rings. The van der Waals surface area contributed by atoms with Crippen molar-refractivity contribution in [2.24, 2.45) is 11.7 Å². The molecule has 1 amide bonds. The number of carbonyl (C=O) groups is 1. The number of carbonyl (C=O) groups excluding carboxylic acids is 1. The quantitative estimate of drug-likeness (QED) is 0.938. The molecule has 0 spiro atoms. The maximum Gasteiger partial charge on any atom is 0.227 e. The van der Waals surface area contributed by atoms with Gasteiger partial charge >= 0.3 is 0 Å². The van der Waals surface area contributed by atoms with E-state index < -0.39 is 0 Å². The molecule has 108 valence electrons. The van der Waals surface area contributed by atoms with E-state index in [9.17, 15) is 4.79 Å². The van der Waals surface area contributed by atoms with Gasteiger partial charge in [0.25, 0.3) is 0 Å². The number of likely N-dealkylation sites (tertiary alicyclic amines) is 1. The lowest BCUT2D eigenvalue weighted by Gasteiger charge is -2.48. The van der Waals surface area contributed by atoms with Gasteiger partial charge in [-0.15, -0.1) is 0 Å². The third-order valence-electron chi connectivity index (χ3n) is 4.88. The molecule has 3 nitrogen and oxygen atoms in total. The van der Waals surface area contributed by atoms with E-state index in [2.05, 4.69) is 30.3 Å². The van der Waals surface area contributed by atoms with Crippen LogP contribution in [0.3, 0.4) is 0 Å². The van der Waals surface area contributed by atoms with E-state index >= 15 is 0 Å². The average Bonchev–Trinajstić information content (AvgIpc) is 3.28. The minimum atomic E-state index is -0.0843. The SMILES string of the molecule is NC1(C2CC2)CN(C(=O)Cc2ccc3ccccc3c2)C1. The van der Waals surface area contributed by atoms with Crippen LogP contribution in [0.25, 0.3) is 10.8 Å². The molecule has 0 unspecified atom stereocenters. The van der Waals surface area contributed by atoms with Crippen molar-refractivity contribution in [1.29, 1.82) is 0 Å². The second kappa shape index (κ2) is 4.57. The summed E-state index contributed by atoms with van der Waals surface area (Å²) in [5.41, 5.74) is 7.31. The molecule has 1 saturated carbocycles. The first-order valence-corrected chi connectivity index (χ1v) is 7.68. The Labute approximate surface area is 124 Å². The van der Waals surface area contributed by atoms with Crippen LogP contribution in [0.15, 0.2) is 42.5 Å². The summed E-state index contributed by atoms with van der Waals surface area (Å²) in [5.74, 6) is 0.856. The van der Waals surface area contributed by atoms with Crippen molar-refractivity contribution in [1.82, 2.24) is 4.90 Å². The van der Waals surface area contributed by atoms with Crippen molar-refractivity contribution in [3.05, 3.63) is 48.0 Å². The molecule has 1 aliphatic carbocycles. The van der Waals surface area contributed by atoms with Crippen molar-refractivity contribution < 1.29 is 4.79 Å². The van der Waals surface area contributed by atoms with Crippen molar-refractivity contribution in [2.75, 3.05) is 13.1 Å². The van der Waals surface area contributed by atoms with Gasteiger partial charge < -0.3 is 10.6 Å². The summed E-state index contributed by atoms with van der Waals surface area (Å²) in [4.78, 5) is 14.2. The molecule has 4 rings (SSSR count). The van der Waals surface area contributed by atoms with E-state index in [1.807, 2.05) is 17.0 Å². The highest BCUT2D eigenvalue weighted by atomic mass is 16.2. The summed E-state index contributed by atoms with van der Waals surface area (Å²) in [6.07, 6.45) is 2.96. The zero-order valence-electron chi connectivity index (χ0n) is 12.1. The molecule has 3 heteroatoms. The number of benzene rings is 2. The Hall–Kier alpha value is -1.87. The fourth-order valence-corrected chi connectivity index (χ4v) is 3.39. The highest BCUT2D eigenvalue weighted by Gasteiger charge is 2.51. The van der Waals surface area contributed by atoms with E-state index in [1.54, 1.807) is 0 Å². The van der Waals surface area contributed by atoms with E-state index in [4.69, 9.17) is 5.73 Å². The average molecular weight is 280 g/mol. The fraction of sp³-hybridized carbons (Fsp3) is 0.389. The normalized spacial score (nSPS) is 20.3. The van der Waals surface area contributed by atoms with Crippen LogP contribution in [0, 0.1) is 5.92 Å². The largest absolute Gasteiger partial charge is 0.339 e. The minimum absolute atomic E-state index is 0.0843. The molecule has 1 aliphatic heterocycles. The van der Waals surface area contributed by atoms with Gasteiger partial charge in [-0.2, -0.15) is 0 Å². The monoisotopic (exact) mass is 280 g/mol. The zero-order chi connectivity index (χ0) is 14.4. The molecular weight excluding hydrogens is 260 g/mol. The van der Waals surface area contributed by atoms with Crippen LogP contribution in [0.2, 0.25) is 0 Å². The number of hydrogen-bond donors (Lipinski definition) is 1. The summed E-state index contributed by atoms with van der Waals surface area (Å²) < 4.78 is 0. The van der Waals surface area contributed by atoms with Crippen LogP contribution >= 0.6 is 0 Å². The van der Waals surface area contributed by atoms with Gasteiger partial charge in [0.1, 0.15) is 0 Å². The van der Waals surface area contributed by atoms with Crippen molar-refractivity contribution in [3.63, 3.8) is 0 Å². The fourth-order valence-electron chi connectivity index (χ4n) is 3.39. The van der Waals surface area contributed by atoms with Gasteiger partial charge in [0, 0.05) is 13.1 Å². The predicted octanol–water partition coefficient (Wildman–Crippen LogP) is 2.33. The molecule has 2 aliphatic rings. The minimum Gasteiger partial charge on any atom is -0.339 e.